The highest BCUT2D eigenvalue weighted by Crippen LogP contribution is 2.32. The molecule has 1 aliphatic heterocycles. The van der Waals surface area contributed by atoms with Crippen molar-refractivity contribution in [2.75, 3.05) is 43.8 Å². The molecule has 0 radical (unpaired) electrons. The van der Waals surface area contributed by atoms with Crippen LogP contribution in [0.5, 0.6) is 0 Å². The van der Waals surface area contributed by atoms with Crippen LogP contribution in [0.4, 0.5) is 11.4 Å². The zero-order valence-electron chi connectivity index (χ0n) is 14.3. The third-order valence-corrected chi connectivity index (χ3v) is 5.31. The Morgan fingerprint density at radius 2 is 1.96 bits per heavy atom. The predicted octanol–water partition coefficient (Wildman–Crippen LogP) is 3.27. The number of nitrogens with zero attached hydrogens (tertiary/aromatic N) is 4. The molecular formula is C18H20N4O2S. The van der Waals surface area contributed by atoms with Crippen molar-refractivity contribution >= 4 is 32.9 Å². The number of methoxy groups -OCH3 is 2. The van der Waals surface area contributed by atoms with E-state index in [9.17, 15) is 0 Å². The van der Waals surface area contributed by atoms with Crippen LogP contribution in [0.2, 0.25) is 0 Å². The SMILES string of the molecule is COC(OC)c1ccncc1N1CCN(c2ccc3ncsc3c2)C1. The predicted molar refractivity (Wildman–Crippen MR) is 100 cm³/mol. The average Bonchev–Trinajstić information content (AvgIpc) is 3.32. The second-order valence-electron chi connectivity index (χ2n) is 5.91. The Labute approximate surface area is 150 Å². The minimum atomic E-state index is -0.388. The Kier molecular flexibility index (Phi) is 4.52. The molecule has 1 fully saturated rings. The molecule has 7 heteroatoms. The van der Waals surface area contributed by atoms with Crippen LogP contribution in [0.3, 0.4) is 0 Å². The number of aromatic nitrogens is 2. The Morgan fingerprint density at radius 1 is 1.12 bits per heavy atom. The topological polar surface area (TPSA) is 50.7 Å². The van der Waals surface area contributed by atoms with Gasteiger partial charge >= 0.3 is 0 Å². The van der Waals surface area contributed by atoms with Crippen molar-refractivity contribution in [1.82, 2.24) is 9.97 Å². The van der Waals surface area contributed by atoms with Crippen LogP contribution < -0.4 is 9.80 Å². The van der Waals surface area contributed by atoms with E-state index in [-0.39, 0.29) is 6.29 Å². The molecule has 2 aromatic heterocycles. The molecule has 0 atom stereocenters. The van der Waals surface area contributed by atoms with Crippen LogP contribution in [0.15, 0.2) is 42.2 Å². The summed E-state index contributed by atoms with van der Waals surface area (Å²) in [6.07, 6.45) is 3.27. The van der Waals surface area contributed by atoms with Crippen molar-refractivity contribution < 1.29 is 9.47 Å². The number of rotatable bonds is 5. The maximum absolute atomic E-state index is 5.44. The van der Waals surface area contributed by atoms with Gasteiger partial charge in [-0.05, 0) is 24.3 Å². The van der Waals surface area contributed by atoms with Crippen LogP contribution >= 0.6 is 11.3 Å². The summed E-state index contributed by atoms with van der Waals surface area (Å²) in [5, 5.41) is 0. The minimum absolute atomic E-state index is 0.388. The molecule has 0 N–H and O–H groups in total. The van der Waals surface area contributed by atoms with E-state index in [1.54, 1.807) is 31.8 Å². The first-order valence-electron chi connectivity index (χ1n) is 8.13. The number of thiazole rings is 1. The van der Waals surface area contributed by atoms with Gasteiger partial charge in [-0.3, -0.25) is 4.98 Å². The highest BCUT2D eigenvalue weighted by molar-refractivity contribution is 7.16. The zero-order chi connectivity index (χ0) is 17.2. The summed E-state index contributed by atoms with van der Waals surface area (Å²) in [5.41, 5.74) is 6.22. The van der Waals surface area contributed by atoms with E-state index < -0.39 is 0 Å². The standard InChI is InChI=1S/C18H20N4O2S/c1-23-18(24-2)14-5-6-19-10-16(14)22-8-7-21(12-22)13-3-4-15-17(9-13)25-11-20-15/h3-6,9-11,18H,7-8,12H2,1-2H3. The number of ether oxygens (including phenoxy) is 2. The normalized spacial score (nSPS) is 14.8. The lowest BCUT2D eigenvalue weighted by atomic mass is 10.2. The van der Waals surface area contributed by atoms with E-state index in [0.29, 0.717) is 0 Å². The lowest BCUT2D eigenvalue weighted by Crippen LogP contribution is -2.26. The molecular weight excluding hydrogens is 336 g/mol. The van der Waals surface area contributed by atoms with Crippen molar-refractivity contribution in [3.63, 3.8) is 0 Å². The second kappa shape index (κ2) is 6.95. The number of pyridine rings is 1. The Hall–Kier alpha value is -2.22. The molecule has 3 aromatic rings. The monoisotopic (exact) mass is 356 g/mol. The van der Waals surface area contributed by atoms with Gasteiger partial charge in [0.05, 0.1) is 34.3 Å². The Morgan fingerprint density at radius 3 is 2.80 bits per heavy atom. The molecule has 0 unspecified atom stereocenters. The molecule has 0 saturated carbocycles. The van der Waals surface area contributed by atoms with Crippen molar-refractivity contribution in [3.8, 4) is 0 Å². The van der Waals surface area contributed by atoms with Crippen molar-refractivity contribution in [2.45, 2.75) is 6.29 Å². The van der Waals surface area contributed by atoms with Crippen molar-refractivity contribution in [1.29, 1.82) is 0 Å². The van der Waals surface area contributed by atoms with Crippen LogP contribution in [-0.2, 0) is 9.47 Å². The maximum atomic E-state index is 5.44. The average molecular weight is 356 g/mol. The van der Waals surface area contributed by atoms with Crippen LogP contribution in [0.25, 0.3) is 10.2 Å². The van der Waals surface area contributed by atoms with Gasteiger partial charge in [0, 0.05) is 44.8 Å². The van der Waals surface area contributed by atoms with Gasteiger partial charge in [-0.15, -0.1) is 11.3 Å². The first-order valence-corrected chi connectivity index (χ1v) is 9.01. The quantitative estimate of drug-likeness (QED) is 0.654. The summed E-state index contributed by atoms with van der Waals surface area (Å²) in [6.45, 7) is 2.70. The van der Waals surface area contributed by atoms with E-state index in [1.807, 2.05) is 17.8 Å². The number of hydrogen-bond donors (Lipinski definition) is 0. The smallest absolute Gasteiger partial charge is 0.185 e. The molecule has 0 aliphatic carbocycles. The maximum Gasteiger partial charge on any atom is 0.185 e. The highest BCUT2D eigenvalue weighted by Gasteiger charge is 2.25. The summed E-state index contributed by atoms with van der Waals surface area (Å²) in [6, 6.07) is 8.40. The molecule has 0 spiro atoms. The van der Waals surface area contributed by atoms with Crippen molar-refractivity contribution in [2.24, 2.45) is 0 Å². The zero-order valence-corrected chi connectivity index (χ0v) is 15.1. The minimum Gasteiger partial charge on any atom is -0.352 e. The molecule has 1 aromatic carbocycles. The lowest BCUT2D eigenvalue weighted by Gasteiger charge is -2.25. The summed E-state index contributed by atoms with van der Waals surface area (Å²) in [4.78, 5) is 13.3. The molecule has 1 saturated heterocycles. The second-order valence-corrected chi connectivity index (χ2v) is 6.80. The molecule has 4 rings (SSSR count). The van der Waals surface area contributed by atoms with Gasteiger partial charge < -0.3 is 19.3 Å². The summed E-state index contributed by atoms with van der Waals surface area (Å²) in [7, 11) is 3.30. The van der Waals surface area contributed by atoms with E-state index in [1.165, 1.54) is 10.4 Å². The Bertz CT molecular complexity index is 865. The van der Waals surface area contributed by atoms with Gasteiger partial charge in [0.15, 0.2) is 6.29 Å². The van der Waals surface area contributed by atoms with Crippen LogP contribution in [-0.4, -0.2) is 43.9 Å². The third-order valence-electron chi connectivity index (χ3n) is 4.52. The fraction of sp³-hybridized carbons (Fsp3) is 0.333. The fourth-order valence-electron chi connectivity index (χ4n) is 3.25. The van der Waals surface area contributed by atoms with Gasteiger partial charge in [-0.1, -0.05) is 0 Å². The van der Waals surface area contributed by atoms with Gasteiger partial charge in [-0.25, -0.2) is 4.98 Å². The molecule has 130 valence electrons. The van der Waals surface area contributed by atoms with Gasteiger partial charge in [0.1, 0.15) is 0 Å². The molecule has 6 nitrogen and oxygen atoms in total. The molecule has 3 heterocycles. The van der Waals surface area contributed by atoms with Crippen LogP contribution in [0.1, 0.15) is 11.9 Å². The number of hydrogen-bond acceptors (Lipinski definition) is 7. The van der Waals surface area contributed by atoms with Gasteiger partial charge in [0.2, 0.25) is 0 Å². The fourth-order valence-corrected chi connectivity index (χ4v) is 3.96. The molecule has 25 heavy (non-hydrogen) atoms. The van der Waals surface area contributed by atoms with Gasteiger partial charge in [0.25, 0.3) is 0 Å². The molecule has 1 aliphatic rings. The van der Waals surface area contributed by atoms with Crippen molar-refractivity contribution in [3.05, 3.63) is 47.7 Å². The lowest BCUT2D eigenvalue weighted by molar-refractivity contribution is -0.105. The first kappa shape index (κ1) is 16.3. The third kappa shape index (κ3) is 3.06. The van der Waals surface area contributed by atoms with E-state index in [2.05, 4.69) is 38.0 Å². The van der Waals surface area contributed by atoms with E-state index >= 15 is 0 Å². The number of anilines is 2. The largest absolute Gasteiger partial charge is 0.352 e. The van der Waals surface area contributed by atoms with Gasteiger partial charge in [-0.2, -0.15) is 0 Å². The number of benzene rings is 1. The summed E-state index contributed by atoms with van der Waals surface area (Å²) < 4.78 is 12.1. The Balaban J connectivity index is 1.58. The molecule has 0 bridgehead atoms. The first-order chi connectivity index (χ1) is 12.3. The van der Waals surface area contributed by atoms with Crippen LogP contribution in [0, 0.1) is 0 Å². The summed E-state index contributed by atoms with van der Waals surface area (Å²) >= 11 is 1.68. The molecule has 0 amide bonds. The van der Waals surface area contributed by atoms with E-state index in [0.717, 1.165) is 36.5 Å². The highest BCUT2D eigenvalue weighted by atomic mass is 32.1. The van der Waals surface area contributed by atoms with E-state index in [4.69, 9.17) is 9.47 Å². The number of fused-ring (bicyclic) bond motifs is 1. The summed E-state index contributed by atoms with van der Waals surface area (Å²) in [5.74, 6) is 0.